The van der Waals surface area contributed by atoms with Gasteiger partial charge in [-0.05, 0) is 75.7 Å². The number of rotatable bonds is 2. The molecule has 0 radical (unpaired) electrons. The van der Waals surface area contributed by atoms with Crippen molar-refractivity contribution < 1.29 is 19.1 Å². The summed E-state index contributed by atoms with van der Waals surface area (Å²) >= 11 is 0. The van der Waals surface area contributed by atoms with Crippen molar-refractivity contribution in [1.82, 2.24) is 9.80 Å². The van der Waals surface area contributed by atoms with Gasteiger partial charge in [0, 0.05) is 29.8 Å². The fourth-order valence-electron chi connectivity index (χ4n) is 4.14. The van der Waals surface area contributed by atoms with Crippen LogP contribution < -0.4 is 4.74 Å². The van der Waals surface area contributed by atoms with Gasteiger partial charge in [-0.15, -0.1) is 0 Å². The van der Waals surface area contributed by atoms with E-state index in [1.807, 2.05) is 74.2 Å². The van der Waals surface area contributed by atoms with Crippen molar-refractivity contribution in [3.05, 3.63) is 65.2 Å². The van der Waals surface area contributed by atoms with Crippen molar-refractivity contribution in [1.29, 1.82) is 0 Å². The largest absolute Gasteiger partial charge is 0.497 e. The van der Waals surface area contributed by atoms with Crippen molar-refractivity contribution in [3.63, 3.8) is 0 Å². The number of methoxy groups -OCH3 is 1. The SMILES string of the molecule is COc1ccc(C#Cc2ccc(C(=O)N3C[C@H]4C[C@@H]3CN4C(=O)OC(C)(C)C)cc2)cc1. The second-order valence-corrected chi connectivity index (χ2v) is 9.19. The molecule has 2 aliphatic rings. The number of likely N-dealkylation sites (tertiary alicyclic amines) is 2. The minimum absolute atomic E-state index is 0.00370. The molecule has 0 spiro atoms. The Balaban J connectivity index is 1.37. The van der Waals surface area contributed by atoms with E-state index in [0.29, 0.717) is 18.7 Å². The van der Waals surface area contributed by atoms with E-state index in [2.05, 4.69) is 11.8 Å². The highest BCUT2D eigenvalue weighted by molar-refractivity contribution is 5.95. The number of piperazine rings is 1. The molecule has 0 N–H and O–H groups in total. The predicted molar refractivity (Wildman–Crippen MR) is 122 cm³/mol. The normalized spacial score (nSPS) is 19.4. The van der Waals surface area contributed by atoms with Gasteiger partial charge in [0.15, 0.2) is 0 Å². The molecule has 4 rings (SSSR count). The number of hydrogen-bond acceptors (Lipinski definition) is 4. The van der Waals surface area contributed by atoms with Crippen LogP contribution >= 0.6 is 0 Å². The zero-order chi connectivity index (χ0) is 22.9. The molecule has 2 atom stereocenters. The smallest absolute Gasteiger partial charge is 0.410 e. The van der Waals surface area contributed by atoms with Crippen LogP contribution in [0.3, 0.4) is 0 Å². The van der Waals surface area contributed by atoms with Gasteiger partial charge >= 0.3 is 6.09 Å². The van der Waals surface area contributed by atoms with Gasteiger partial charge in [0.05, 0.1) is 19.2 Å². The third-order valence-electron chi connectivity index (χ3n) is 5.70. The van der Waals surface area contributed by atoms with Crippen LogP contribution in [0.25, 0.3) is 0 Å². The van der Waals surface area contributed by atoms with Crippen LogP contribution in [0.2, 0.25) is 0 Å². The Hall–Kier alpha value is -3.46. The Morgan fingerprint density at radius 1 is 0.875 bits per heavy atom. The van der Waals surface area contributed by atoms with Crippen molar-refractivity contribution in [2.24, 2.45) is 0 Å². The molecule has 0 saturated carbocycles. The third-order valence-corrected chi connectivity index (χ3v) is 5.70. The predicted octanol–water partition coefficient (Wildman–Crippen LogP) is 3.93. The first-order valence-corrected chi connectivity index (χ1v) is 10.8. The van der Waals surface area contributed by atoms with E-state index in [0.717, 1.165) is 23.3 Å². The highest BCUT2D eigenvalue weighted by Crippen LogP contribution is 2.33. The minimum atomic E-state index is -0.521. The van der Waals surface area contributed by atoms with E-state index >= 15 is 0 Å². The Morgan fingerprint density at radius 2 is 1.41 bits per heavy atom. The monoisotopic (exact) mass is 432 g/mol. The lowest BCUT2D eigenvalue weighted by molar-refractivity contribution is 0.0126. The van der Waals surface area contributed by atoms with Gasteiger partial charge < -0.3 is 19.3 Å². The van der Waals surface area contributed by atoms with Crippen molar-refractivity contribution in [2.45, 2.75) is 44.9 Å². The average molecular weight is 433 g/mol. The zero-order valence-electron chi connectivity index (χ0n) is 18.9. The van der Waals surface area contributed by atoms with Gasteiger partial charge in [-0.3, -0.25) is 4.79 Å². The van der Waals surface area contributed by atoms with Crippen LogP contribution in [0.4, 0.5) is 4.79 Å². The molecular formula is C26H28N2O4. The fourth-order valence-corrected chi connectivity index (χ4v) is 4.14. The average Bonchev–Trinajstić information content (AvgIpc) is 3.38. The Bertz CT molecular complexity index is 1060. The van der Waals surface area contributed by atoms with Crippen molar-refractivity contribution >= 4 is 12.0 Å². The Morgan fingerprint density at radius 3 is 1.91 bits per heavy atom. The number of fused-ring (bicyclic) bond motifs is 2. The van der Waals surface area contributed by atoms with Gasteiger partial charge in [0.25, 0.3) is 5.91 Å². The van der Waals surface area contributed by atoms with Crippen LogP contribution in [-0.2, 0) is 4.74 Å². The topological polar surface area (TPSA) is 59.1 Å². The second-order valence-electron chi connectivity index (χ2n) is 9.19. The maximum absolute atomic E-state index is 13.0. The fraction of sp³-hybridized carbons (Fsp3) is 0.385. The second kappa shape index (κ2) is 8.58. The lowest BCUT2D eigenvalue weighted by Crippen LogP contribution is -2.51. The quantitative estimate of drug-likeness (QED) is 0.675. The number of nitrogens with zero attached hydrogens (tertiary/aromatic N) is 2. The maximum atomic E-state index is 13.0. The van der Waals surface area contributed by atoms with E-state index < -0.39 is 5.60 Å². The summed E-state index contributed by atoms with van der Waals surface area (Å²) in [6.07, 6.45) is 0.507. The molecule has 2 saturated heterocycles. The summed E-state index contributed by atoms with van der Waals surface area (Å²) < 4.78 is 10.7. The lowest BCUT2D eigenvalue weighted by Gasteiger charge is -2.35. The molecule has 6 nitrogen and oxygen atoms in total. The van der Waals surface area contributed by atoms with Gasteiger partial charge in [0.2, 0.25) is 0 Å². The number of amides is 2. The van der Waals surface area contributed by atoms with Crippen LogP contribution in [0, 0.1) is 11.8 Å². The lowest BCUT2D eigenvalue weighted by atomic mass is 10.1. The minimum Gasteiger partial charge on any atom is -0.497 e. The zero-order valence-corrected chi connectivity index (χ0v) is 18.9. The molecule has 6 heteroatoms. The van der Waals surface area contributed by atoms with E-state index in [1.54, 1.807) is 12.0 Å². The summed E-state index contributed by atoms with van der Waals surface area (Å²) in [5.41, 5.74) is 1.85. The molecule has 0 unspecified atom stereocenters. The molecule has 2 aromatic carbocycles. The number of carbonyl (C=O) groups is 2. The summed E-state index contributed by atoms with van der Waals surface area (Å²) in [6, 6.07) is 15.0. The van der Waals surface area contributed by atoms with Gasteiger partial charge in [0.1, 0.15) is 11.4 Å². The van der Waals surface area contributed by atoms with E-state index in [4.69, 9.17) is 9.47 Å². The highest BCUT2D eigenvalue weighted by Gasteiger charge is 2.48. The summed E-state index contributed by atoms with van der Waals surface area (Å²) in [5.74, 6) is 7.03. The highest BCUT2D eigenvalue weighted by atomic mass is 16.6. The number of carbonyl (C=O) groups excluding carboxylic acids is 2. The summed E-state index contributed by atoms with van der Waals surface area (Å²) in [7, 11) is 1.63. The molecule has 2 heterocycles. The standard InChI is InChI=1S/C26H28N2O4/c1-26(2,3)32-25(30)28-17-21-15-22(28)16-27(21)24(29)20-11-7-18(8-12-20)5-6-19-9-13-23(31-4)14-10-19/h7-14,21-22H,15-17H2,1-4H3/t21-,22-/m1/s1. The van der Waals surface area contributed by atoms with E-state index in [-0.39, 0.29) is 24.1 Å². The molecule has 2 aliphatic heterocycles. The molecule has 0 aliphatic carbocycles. The van der Waals surface area contributed by atoms with Crippen LogP contribution in [0.1, 0.15) is 48.7 Å². The number of ether oxygens (including phenoxy) is 2. The molecule has 2 amide bonds. The van der Waals surface area contributed by atoms with Crippen LogP contribution in [0.5, 0.6) is 5.75 Å². The van der Waals surface area contributed by atoms with Gasteiger partial charge in [-0.2, -0.15) is 0 Å². The first-order valence-electron chi connectivity index (χ1n) is 10.8. The molecule has 0 aromatic heterocycles. The first kappa shape index (κ1) is 21.8. The van der Waals surface area contributed by atoms with Gasteiger partial charge in [-0.25, -0.2) is 4.79 Å². The molecule has 166 valence electrons. The first-order chi connectivity index (χ1) is 15.2. The summed E-state index contributed by atoms with van der Waals surface area (Å²) in [5, 5.41) is 0. The van der Waals surface area contributed by atoms with Crippen LogP contribution in [-0.4, -0.2) is 59.7 Å². The van der Waals surface area contributed by atoms with Crippen molar-refractivity contribution in [2.75, 3.05) is 20.2 Å². The number of hydrogen-bond donors (Lipinski definition) is 0. The molecular weight excluding hydrogens is 404 g/mol. The maximum Gasteiger partial charge on any atom is 0.410 e. The van der Waals surface area contributed by atoms with E-state index in [1.165, 1.54) is 0 Å². The molecule has 2 fully saturated rings. The molecule has 32 heavy (non-hydrogen) atoms. The molecule has 2 bridgehead atoms. The summed E-state index contributed by atoms with van der Waals surface area (Å²) in [4.78, 5) is 29.1. The van der Waals surface area contributed by atoms with Crippen LogP contribution in [0.15, 0.2) is 48.5 Å². The van der Waals surface area contributed by atoms with E-state index in [9.17, 15) is 9.59 Å². The molecule has 2 aromatic rings. The summed E-state index contributed by atoms with van der Waals surface area (Å²) in [6.45, 7) is 6.65. The van der Waals surface area contributed by atoms with Gasteiger partial charge in [-0.1, -0.05) is 11.8 Å². The number of benzene rings is 2. The van der Waals surface area contributed by atoms with Crippen molar-refractivity contribution in [3.8, 4) is 17.6 Å². The third kappa shape index (κ3) is 4.72. The Kier molecular flexibility index (Phi) is 5.84. The Labute approximate surface area is 189 Å².